The third-order valence-corrected chi connectivity index (χ3v) is 5.00. The summed E-state index contributed by atoms with van der Waals surface area (Å²) < 4.78 is 1.88. The summed E-state index contributed by atoms with van der Waals surface area (Å²) in [5.41, 5.74) is 3.19. The Balaban J connectivity index is 2.06. The summed E-state index contributed by atoms with van der Waals surface area (Å²) in [5, 5.41) is 10.7. The first-order valence-electron chi connectivity index (χ1n) is 7.45. The number of amides is 2. The van der Waals surface area contributed by atoms with Crippen molar-refractivity contribution in [2.24, 2.45) is 0 Å². The molecular formula is C17H15N3O4S. The lowest BCUT2D eigenvalue weighted by Gasteiger charge is -2.09. The molecule has 128 valence electrons. The van der Waals surface area contributed by atoms with Crippen LogP contribution in [0.25, 0.3) is 11.8 Å². The van der Waals surface area contributed by atoms with Crippen LogP contribution in [0.2, 0.25) is 0 Å². The smallest absolute Gasteiger partial charge is 0.293 e. The van der Waals surface area contributed by atoms with Crippen LogP contribution in [0.1, 0.15) is 17.0 Å². The second-order valence-corrected chi connectivity index (χ2v) is 6.67. The Bertz CT molecular complexity index is 945. The summed E-state index contributed by atoms with van der Waals surface area (Å²) in [6.07, 6.45) is 1.69. The SMILES string of the molecule is Cc1cc(/C=C2\SC(=O)N(C)C2=O)c(C)n1-c1cccc([N+](=O)[O-])c1. The molecule has 2 aromatic rings. The number of thioether (sulfide) groups is 1. The molecule has 2 heterocycles. The number of nitro benzene ring substituents is 1. The molecule has 3 rings (SSSR count). The Morgan fingerprint density at radius 3 is 2.52 bits per heavy atom. The van der Waals surface area contributed by atoms with Gasteiger partial charge in [-0.05, 0) is 49.4 Å². The van der Waals surface area contributed by atoms with E-state index in [4.69, 9.17) is 0 Å². The second kappa shape index (κ2) is 6.21. The molecule has 8 heteroatoms. The number of hydrogen-bond donors (Lipinski definition) is 0. The predicted octanol–water partition coefficient (Wildman–Crippen LogP) is 3.67. The molecule has 0 atom stereocenters. The van der Waals surface area contributed by atoms with Gasteiger partial charge < -0.3 is 4.57 Å². The fraction of sp³-hybridized carbons (Fsp3) is 0.176. The predicted molar refractivity (Wildman–Crippen MR) is 95.6 cm³/mol. The van der Waals surface area contributed by atoms with Crippen LogP contribution in [-0.4, -0.2) is 32.6 Å². The van der Waals surface area contributed by atoms with Gasteiger partial charge >= 0.3 is 0 Å². The van der Waals surface area contributed by atoms with E-state index in [1.165, 1.54) is 19.2 Å². The number of carbonyl (C=O) groups is 2. The molecule has 0 bridgehead atoms. The summed E-state index contributed by atoms with van der Waals surface area (Å²) in [7, 11) is 1.45. The van der Waals surface area contributed by atoms with Crippen molar-refractivity contribution >= 4 is 34.7 Å². The molecule has 1 aliphatic rings. The summed E-state index contributed by atoms with van der Waals surface area (Å²) in [5.74, 6) is -0.324. The molecule has 1 aromatic heterocycles. The Morgan fingerprint density at radius 1 is 1.20 bits per heavy atom. The van der Waals surface area contributed by atoms with E-state index in [2.05, 4.69) is 0 Å². The summed E-state index contributed by atoms with van der Waals surface area (Å²) >= 11 is 0.903. The fourth-order valence-corrected chi connectivity index (χ4v) is 3.58. The topological polar surface area (TPSA) is 85.5 Å². The standard InChI is InChI=1S/C17H15N3O4S/c1-10-7-12(8-15-16(21)18(3)17(22)25-15)11(2)19(10)13-5-4-6-14(9-13)20(23)24/h4-9H,1-3H3/b15-8-. The first kappa shape index (κ1) is 17.0. The number of aryl methyl sites for hydroxylation is 1. The Morgan fingerprint density at radius 2 is 1.92 bits per heavy atom. The third-order valence-electron chi connectivity index (χ3n) is 4.04. The molecule has 0 aliphatic carbocycles. The van der Waals surface area contributed by atoms with Crippen molar-refractivity contribution in [2.75, 3.05) is 7.05 Å². The average molecular weight is 357 g/mol. The number of rotatable bonds is 3. The van der Waals surface area contributed by atoms with Gasteiger partial charge in [-0.25, -0.2) is 0 Å². The Kier molecular flexibility index (Phi) is 4.22. The summed E-state index contributed by atoms with van der Waals surface area (Å²) in [6, 6.07) is 8.25. The van der Waals surface area contributed by atoms with Gasteiger partial charge in [-0.2, -0.15) is 0 Å². The van der Waals surface area contributed by atoms with Crippen molar-refractivity contribution in [1.29, 1.82) is 0 Å². The number of nitrogens with zero attached hydrogens (tertiary/aromatic N) is 3. The number of non-ortho nitro benzene ring substituents is 1. The van der Waals surface area contributed by atoms with Crippen molar-refractivity contribution in [1.82, 2.24) is 9.47 Å². The lowest BCUT2D eigenvalue weighted by atomic mass is 10.2. The molecule has 1 aliphatic heterocycles. The van der Waals surface area contributed by atoms with E-state index in [0.717, 1.165) is 33.6 Å². The summed E-state index contributed by atoms with van der Waals surface area (Å²) in [6.45, 7) is 3.75. The first-order valence-corrected chi connectivity index (χ1v) is 8.26. The van der Waals surface area contributed by atoms with Gasteiger partial charge in [0.2, 0.25) is 0 Å². The lowest BCUT2D eigenvalue weighted by molar-refractivity contribution is -0.384. The van der Waals surface area contributed by atoms with Crippen molar-refractivity contribution in [3.05, 3.63) is 62.3 Å². The van der Waals surface area contributed by atoms with E-state index in [1.54, 1.807) is 18.2 Å². The molecule has 1 saturated heterocycles. The average Bonchev–Trinajstić information content (AvgIpc) is 2.98. The van der Waals surface area contributed by atoms with Crippen LogP contribution < -0.4 is 0 Å². The molecule has 0 saturated carbocycles. The molecule has 1 aromatic carbocycles. The van der Waals surface area contributed by atoms with E-state index in [1.807, 2.05) is 24.5 Å². The molecular weight excluding hydrogens is 342 g/mol. The fourth-order valence-electron chi connectivity index (χ4n) is 2.76. The zero-order valence-corrected chi connectivity index (χ0v) is 14.7. The minimum atomic E-state index is -0.435. The highest BCUT2D eigenvalue weighted by Crippen LogP contribution is 2.33. The monoisotopic (exact) mass is 357 g/mol. The maximum atomic E-state index is 12.0. The van der Waals surface area contributed by atoms with E-state index >= 15 is 0 Å². The highest BCUT2D eigenvalue weighted by Gasteiger charge is 2.32. The molecule has 7 nitrogen and oxygen atoms in total. The number of likely N-dealkylation sites (N-methyl/N-ethyl adjacent to an activating group) is 1. The molecule has 25 heavy (non-hydrogen) atoms. The van der Waals surface area contributed by atoms with Crippen molar-refractivity contribution in [3.63, 3.8) is 0 Å². The van der Waals surface area contributed by atoms with Gasteiger partial charge in [-0.1, -0.05) is 6.07 Å². The molecule has 1 fully saturated rings. The summed E-state index contributed by atoms with van der Waals surface area (Å²) in [4.78, 5) is 35.7. The van der Waals surface area contributed by atoms with Gasteiger partial charge in [0.15, 0.2) is 0 Å². The first-order chi connectivity index (χ1) is 11.8. The molecule has 0 radical (unpaired) electrons. The molecule has 0 unspecified atom stereocenters. The van der Waals surface area contributed by atoms with Crippen LogP contribution >= 0.6 is 11.8 Å². The van der Waals surface area contributed by atoms with E-state index < -0.39 is 4.92 Å². The van der Waals surface area contributed by atoms with Crippen LogP contribution in [0.5, 0.6) is 0 Å². The number of carbonyl (C=O) groups excluding carboxylic acids is 2. The normalized spacial score (nSPS) is 16.1. The van der Waals surface area contributed by atoms with Crippen LogP contribution in [0.4, 0.5) is 10.5 Å². The van der Waals surface area contributed by atoms with Gasteiger partial charge in [0.05, 0.1) is 15.5 Å². The van der Waals surface area contributed by atoms with Crippen LogP contribution in [0.3, 0.4) is 0 Å². The number of aromatic nitrogens is 1. The Hall–Kier alpha value is -2.87. The molecule has 0 N–H and O–H groups in total. The third kappa shape index (κ3) is 2.96. The van der Waals surface area contributed by atoms with Gasteiger partial charge in [0.1, 0.15) is 0 Å². The lowest BCUT2D eigenvalue weighted by Crippen LogP contribution is -2.22. The van der Waals surface area contributed by atoms with E-state index in [9.17, 15) is 19.7 Å². The maximum Gasteiger partial charge on any atom is 0.293 e. The van der Waals surface area contributed by atoms with Crippen molar-refractivity contribution in [2.45, 2.75) is 13.8 Å². The van der Waals surface area contributed by atoms with Crippen LogP contribution in [0, 0.1) is 24.0 Å². The van der Waals surface area contributed by atoms with E-state index in [-0.39, 0.29) is 16.8 Å². The number of imide groups is 1. The second-order valence-electron chi connectivity index (χ2n) is 5.68. The number of benzene rings is 1. The van der Waals surface area contributed by atoms with Crippen molar-refractivity contribution in [3.8, 4) is 5.69 Å². The molecule has 0 spiro atoms. The largest absolute Gasteiger partial charge is 0.318 e. The van der Waals surface area contributed by atoms with Gasteiger partial charge in [-0.15, -0.1) is 0 Å². The minimum absolute atomic E-state index is 0.0126. The van der Waals surface area contributed by atoms with Crippen molar-refractivity contribution < 1.29 is 14.5 Å². The number of hydrogen-bond acceptors (Lipinski definition) is 5. The van der Waals surface area contributed by atoms with Gasteiger partial charge in [0, 0.05) is 30.6 Å². The van der Waals surface area contributed by atoms with Crippen LogP contribution in [-0.2, 0) is 4.79 Å². The zero-order valence-electron chi connectivity index (χ0n) is 13.8. The minimum Gasteiger partial charge on any atom is -0.318 e. The van der Waals surface area contributed by atoms with Crippen LogP contribution in [0.15, 0.2) is 35.2 Å². The highest BCUT2D eigenvalue weighted by atomic mass is 32.2. The number of nitro groups is 1. The van der Waals surface area contributed by atoms with Gasteiger partial charge in [0.25, 0.3) is 16.8 Å². The maximum absolute atomic E-state index is 12.0. The molecule has 2 amide bonds. The zero-order chi connectivity index (χ0) is 18.3. The quantitative estimate of drug-likeness (QED) is 0.475. The van der Waals surface area contributed by atoms with E-state index in [0.29, 0.717) is 10.6 Å². The highest BCUT2D eigenvalue weighted by molar-refractivity contribution is 8.18. The van der Waals surface area contributed by atoms with Gasteiger partial charge in [-0.3, -0.25) is 24.6 Å². The Labute approximate surface area is 148 Å².